The number of hydrogen-bond donors (Lipinski definition) is 1. The fraction of sp³-hybridized carbons (Fsp3) is 0.522. The first-order valence-corrected chi connectivity index (χ1v) is 10.8. The number of amides is 1. The van der Waals surface area contributed by atoms with Crippen LogP contribution in [0, 0.1) is 0 Å². The number of rotatable bonds is 4. The topological polar surface area (TPSA) is 79.8 Å². The molecule has 0 spiro atoms. The van der Waals surface area contributed by atoms with Crippen LogP contribution in [-0.4, -0.2) is 64.3 Å². The molecule has 2 aromatic rings. The maximum absolute atomic E-state index is 12.4. The van der Waals surface area contributed by atoms with Crippen molar-refractivity contribution < 1.29 is 14.3 Å². The van der Waals surface area contributed by atoms with Gasteiger partial charge in [-0.2, -0.15) is 0 Å². The first kappa shape index (κ1) is 21.5. The van der Waals surface area contributed by atoms with Crippen LogP contribution in [0.5, 0.6) is 0 Å². The molecule has 0 aliphatic carbocycles. The molecule has 3 heterocycles. The van der Waals surface area contributed by atoms with E-state index in [4.69, 9.17) is 9.47 Å². The standard InChI is InChI=1S/C23H31N5O3/c1-23(2,3)31-22(29)28-9-8-18-14-24-21(26-20(18)16-28)25-19-6-4-17(5-7-19)15-27-10-12-30-13-11-27/h4-7,14H,8-13,15-16H2,1-3H3,(H,24,25,26). The van der Waals surface area contributed by atoms with Crippen LogP contribution in [0.15, 0.2) is 30.5 Å². The molecule has 0 radical (unpaired) electrons. The van der Waals surface area contributed by atoms with Gasteiger partial charge < -0.3 is 19.7 Å². The number of aromatic nitrogens is 2. The van der Waals surface area contributed by atoms with E-state index in [9.17, 15) is 4.79 Å². The lowest BCUT2D eigenvalue weighted by atomic mass is 10.1. The number of carbonyl (C=O) groups is 1. The Bertz CT molecular complexity index is 904. The Kier molecular flexibility index (Phi) is 6.38. The van der Waals surface area contributed by atoms with Crippen LogP contribution in [0.25, 0.3) is 0 Å². The highest BCUT2D eigenvalue weighted by Gasteiger charge is 2.26. The van der Waals surface area contributed by atoms with Gasteiger partial charge in [-0.3, -0.25) is 4.90 Å². The minimum absolute atomic E-state index is 0.304. The van der Waals surface area contributed by atoms with Gasteiger partial charge in [0.2, 0.25) is 5.95 Å². The molecule has 8 nitrogen and oxygen atoms in total. The zero-order valence-corrected chi connectivity index (χ0v) is 18.6. The zero-order valence-electron chi connectivity index (χ0n) is 18.6. The van der Waals surface area contributed by atoms with Gasteiger partial charge in [0.05, 0.1) is 25.5 Å². The summed E-state index contributed by atoms with van der Waals surface area (Å²) >= 11 is 0. The van der Waals surface area contributed by atoms with Crippen molar-refractivity contribution in [1.29, 1.82) is 0 Å². The molecule has 4 rings (SSSR count). The molecule has 1 amide bonds. The summed E-state index contributed by atoms with van der Waals surface area (Å²) in [6.45, 7) is 11.2. The lowest BCUT2D eigenvalue weighted by Crippen LogP contribution is -2.40. The van der Waals surface area contributed by atoms with Gasteiger partial charge >= 0.3 is 6.09 Å². The molecule has 1 aromatic heterocycles. The summed E-state index contributed by atoms with van der Waals surface area (Å²) in [7, 11) is 0. The van der Waals surface area contributed by atoms with Crippen molar-refractivity contribution in [2.45, 2.75) is 45.9 Å². The number of carbonyl (C=O) groups excluding carboxylic acids is 1. The van der Waals surface area contributed by atoms with E-state index in [-0.39, 0.29) is 6.09 Å². The van der Waals surface area contributed by atoms with Gasteiger partial charge in [0.15, 0.2) is 0 Å². The zero-order chi connectivity index (χ0) is 21.8. The molecule has 0 unspecified atom stereocenters. The maximum atomic E-state index is 12.4. The minimum Gasteiger partial charge on any atom is -0.444 e. The molecule has 1 fully saturated rings. The summed E-state index contributed by atoms with van der Waals surface area (Å²) in [5, 5.41) is 3.28. The number of anilines is 2. The van der Waals surface area contributed by atoms with Gasteiger partial charge in [-0.25, -0.2) is 14.8 Å². The molecule has 31 heavy (non-hydrogen) atoms. The second-order valence-corrected chi connectivity index (χ2v) is 9.03. The van der Waals surface area contributed by atoms with E-state index in [1.165, 1.54) is 5.56 Å². The van der Waals surface area contributed by atoms with Crippen LogP contribution in [0.1, 0.15) is 37.6 Å². The number of nitrogens with one attached hydrogen (secondary N) is 1. The van der Waals surface area contributed by atoms with Crippen molar-refractivity contribution in [3.8, 4) is 0 Å². The Morgan fingerprint density at radius 1 is 1.16 bits per heavy atom. The van der Waals surface area contributed by atoms with Crippen LogP contribution in [0.2, 0.25) is 0 Å². The van der Waals surface area contributed by atoms with E-state index in [1.807, 2.05) is 39.1 Å². The van der Waals surface area contributed by atoms with E-state index in [2.05, 4.69) is 32.3 Å². The smallest absolute Gasteiger partial charge is 0.410 e. The van der Waals surface area contributed by atoms with Crippen molar-refractivity contribution in [3.05, 3.63) is 47.3 Å². The molecule has 1 aromatic carbocycles. The third-order valence-electron chi connectivity index (χ3n) is 5.32. The normalized spacial score (nSPS) is 17.2. The molecule has 2 aliphatic rings. The molecule has 166 valence electrons. The second kappa shape index (κ2) is 9.20. The first-order chi connectivity index (χ1) is 14.9. The second-order valence-electron chi connectivity index (χ2n) is 9.03. The highest BCUT2D eigenvalue weighted by molar-refractivity contribution is 5.68. The third-order valence-corrected chi connectivity index (χ3v) is 5.32. The van der Waals surface area contributed by atoms with E-state index < -0.39 is 5.60 Å². The van der Waals surface area contributed by atoms with Gasteiger partial charge in [0.1, 0.15) is 5.60 Å². The molecule has 8 heteroatoms. The quantitative estimate of drug-likeness (QED) is 0.805. The molecule has 1 N–H and O–H groups in total. The number of morpholine rings is 1. The fourth-order valence-corrected chi connectivity index (χ4v) is 3.69. The van der Waals surface area contributed by atoms with Crippen LogP contribution in [0.4, 0.5) is 16.4 Å². The van der Waals surface area contributed by atoms with Gasteiger partial charge in [0.25, 0.3) is 0 Å². The van der Waals surface area contributed by atoms with E-state index in [0.717, 1.165) is 56.2 Å². The van der Waals surface area contributed by atoms with Crippen molar-refractivity contribution >= 4 is 17.7 Å². The molecular formula is C23H31N5O3. The number of ether oxygens (including phenoxy) is 2. The number of fused-ring (bicyclic) bond motifs is 1. The number of hydrogen-bond acceptors (Lipinski definition) is 7. The highest BCUT2D eigenvalue weighted by atomic mass is 16.6. The van der Waals surface area contributed by atoms with Crippen LogP contribution in [-0.2, 0) is 29.0 Å². The van der Waals surface area contributed by atoms with Crippen molar-refractivity contribution in [2.75, 3.05) is 38.2 Å². The summed E-state index contributed by atoms with van der Waals surface area (Å²) in [6.07, 6.45) is 2.27. The van der Waals surface area contributed by atoms with E-state index >= 15 is 0 Å². The molecular weight excluding hydrogens is 394 g/mol. The SMILES string of the molecule is CC(C)(C)OC(=O)N1CCc2cnc(Nc3ccc(CN4CCOCC4)cc3)nc2C1. The van der Waals surface area contributed by atoms with Gasteiger partial charge in [-0.05, 0) is 50.5 Å². The highest BCUT2D eigenvalue weighted by Crippen LogP contribution is 2.22. The number of nitrogens with zero attached hydrogens (tertiary/aromatic N) is 4. The Balaban J connectivity index is 1.38. The van der Waals surface area contributed by atoms with Crippen LogP contribution in [0.3, 0.4) is 0 Å². The lowest BCUT2D eigenvalue weighted by Gasteiger charge is -2.30. The predicted octanol–water partition coefficient (Wildman–Crippen LogP) is 3.35. The Labute approximate surface area is 183 Å². The van der Waals surface area contributed by atoms with Crippen molar-refractivity contribution in [1.82, 2.24) is 19.8 Å². The van der Waals surface area contributed by atoms with Gasteiger partial charge in [-0.15, -0.1) is 0 Å². The lowest BCUT2D eigenvalue weighted by molar-refractivity contribution is 0.0220. The summed E-state index contributed by atoms with van der Waals surface area (Å²) in [4.78, 5) is 25.6. The fourth-order valence-electron chi connectivity index (χ4n) is 3.69. The molecule has 1 saturated heterocycles. The molecule has 0 saturated carbocycles. The van der Waals surface area contributed by atoms with E-state index in [0.29, 0.717) is 19.0 Å². The minimum atomic E-state index is -0.510. The summed E-state index contributed by atoms with van der Waals surface area (Å²) in [5.41, 5.74) is 3.63. The van der Waals surface area contributed by atoms with E-state index in [1.54, 1.807) is 4.90 Å². The van der Waals surface area contributed by atoms with Crippen LogP contribution >= 0.6 is 0 Å². The summed E-state index contributed by atoms with van der Waals surface area (Å²) in [6, 6.07) is 8.35. The largest absolute Gasteiger partial charge is 0.444 e. The number of benzene rings is 1. The average molecular weight is 426 g/mol. The Morgan fingerprint density at radius 3 is 2.61 bits per heavy atom. The maximum Gasteiger partial charge on any atom is 0.410 e. The van der Waals surface area contributed by atoms with Gasteiger partial charge in [-0.1, -0.05) is 12.1 Å². The molecule has 2 aliphatic heterocycles. The molecule has 0 bridgehead atoms. The van der Waals surface area contributed by atoms with Gasteiger partial charge in [0, 0.05) is 38.1 Å². The molecule has 0 atom stereocenters. The Hall–Kier alpha value is -2.71. The Morgan fingerprint density at radius 2 is 1.90 bits per heavy atom. The average Bonchev–Trinajstić information content (AvgIpc) is 2.74. The monoisotopic (exact) mass is 425 g/mol. The third kappa shape index (κ3) is 5.92. The first-order valence-electron chi connectivity index (χ1n) is 10.8. The van der Waals surface area contributed by atoms with Crippen molar-refractivity contribution in [2.24, 2.45) is 0 Å². The van der Waals surface area contributed by atoms with Crippen molar-refractivity contribution in [3.63, 3.8) is 0 Å². The summed E-state index contributed by atoms with van der Waals surface area (Å²) < 4.78 is 10.9. The summed E-state index contributed by atoms with van der Waals surface area (Å²) in [5.74, 6) is 0.533. The predicted molar refractivity (Wildman–Crippen MR) is 118 cm³/mol. The van der Waals surface area contributed by atoms with Crippen LogP contribution < -0.4 is 5.32 Å².